The molecule has 1 heterocycles. The van der Waals surface area contributed by atoms with Gasteiger partial charge in [-0.15, -0.1) is 0 Å². The second-order valence-corrected chi connectivity index (χ2v) is 12.6. The number of nitrogens with one attached hydrogen (secondary N) is 2. The lowest BCUT2D eigenvalue weighted by atomic mass is 9.96. The molecular formula is C34H34N4O4S2. The molecule has 8 nitrogen and oxygen atoms in total. The lowest BCUT2D eigenvalue weighted by Gasteiger charge is -2.39. The Morgan fingerprint density at radius 1 is 0.818 bits per heavy atom. The fourth-order valence-corrected chi connectivity index (χ4v) is 6.79. The van der Waals surface area contributed by atoms with Gasteiger partial charge in [0, 0.05) is 37.9 Å². The van der Waals surface area contributed by atoms with E-state index in [2.05, 4.69) is 39.8 Å². The Hall–Kier alpha value is -4.35. The van der Waals surface area contributed by atoms with Crippen LogP contribution in [-0.2, 0) is 14.8 Å². The van der Waals surface area contributed by atoms with Gasteiger partial charge in [-0.1, -0.05) is 72.8 Å². The molecule has 0 aromatic heterocycles. The second kappa shape index (κ2) is 14.4. The molecule has 10 heteroatoms. The molecule has 0 aliphatic carbocycles. The largest absolute Gasteiger partial charge is 0.497 e. The molecule has 1 aliphatic rings. The Bertz CT molecular complexity index is 1650. The van der Waals surface area contributed by atoms with E-state index in [1.165, 1.54) is 17.2 Å². The van der Waals surface area contributed by atoms with E-state index < -0.39 is 15.9 Å². The van der Waals surface area contributed by atoms with Crippen LogP contribution in [0, 0.1) is 0 Å². The first kappa shape index (κ1) is 31.1. The molecule has 0 atom stereocenters. The van der Waals surface area contributed by atoms with Crippen LogP contribution in [-0.4, -0.2) is 61.9 Å². The number of piperazine rings is 1. The maximum absolute atomic E-state index is 13.5. The van der Waals surface area contributed by atoms with Crippen LogP contribution in [0.25, 0.3) is 6.08 Å². The highest BCUT2D eigenvalue weighted by Crippen LogP contribution is 2.30. The van der Waals surface area contributed by atoms with Gasteiger partial charge in [0.25, 0.3) is 0 Å². The summed E-state index contributed by atoms with van der Waals surface area (Å²) in [7, 11) is -2.09. The Balaban J connectivity index is 1.16. The first-order valence-electron chi connectivity index (χ1n) is 14.2. The molecule has 4 aromatic carbocycles. The summed E-state index contributed by atoms with van der Waals surface area (Å²) in [5.41, 5.74) is 3.76. The van der Waals surface area contributed by atoms with Crippen molar-refractivity contribution < 1.29 is 17.9 Å². The first-order valence-corrected chi connectivity index (χ1v) is 16.1. The van der Waals surface area contributed by atoms with Crippen molar-refractivity contribution in [2.75, 3.05) is 38.6 Å². The molecule has 2 N–H and O–H groups in total. The van der Waals surface area contributed by atoms with E-state index in [0.717, 1.165) is 11.3 Å². The lowest BCUT2D eigenvalue weighted by Crippen LogP contribution is -2.49. The number of thiocarbonyl (C=S) groups is 1. The van der Waals surface area contributed by atoms with E-state index in [-0.39, 0.29) is 16.0 Å². The summed E-state index contributed by atoms with van der Waals surface area (Å²) in [6.45, 7) is 1.99. The van der Waals surface area contributed by atoms with Crippen molar-refractivity contribution in [3.05, 3.63) is 132 Å². The van der Waals surface area contributed by atoms with Crippen LogP contribution >= 0.6 is 12.2 Å². The molecule has 44 heavy (non-hydrogen) atoms. The van der Waals surface area contributed by atoms with Gasteiger partial charge >= 0.3 is 0 Å². The number of nitrogens with zero attached hydrogens (tertiary/aromatic N) is 2. The molecular weight excluding hydrogens is 593 g/mol. The summed E-state index contributed by atoms with van der Waals surface area (Å²) in [6, 6.07) is 34.3. The topological polar surface area (TPSA) is 91.0 Å². The first-order chi connectivity index (χ1) is 21.3. The molecule has 1 amide bonds. The lowest BCUT2D eigenvalue weighted by molar-refractivity contribution is -0.115. The van der Waals surface area contributed by atoms with Crippen LogP contribution in [0.1, 0.15) is 22.7 Å². The van der Waals surface area contributed by atoms with Crippen molar-refractivity contribution in [3.8, 4) is 5.75 Å². The van der Waals surface area contributed by atoms with Gasteiger partial charge in [0.15, 0.2) is 5.11 Å². The molecule has 0 bridgehead atoms. The van der Waals surface area contributed by atoms with Crippen molar-refractivity contribution in [2.45, 2.75) is 10.9 Å². The summed E-state index contributed by atoms with van der Waals surface area (Å²) in [5, 5.41) is 5.63. The molecule has 1 fully saturated rings. The highest BCUT2D eigenvalue weighted by molar-refractivity contribution is 7.89. The van der Waals surface area contributed by atoms with Gasteiger partial charge in [-0.05, 0) is 71.4 Å². The van der Waals surface area contributed by atoms with Crippen LogP contribution in [0.2, 0.25) is 0 Å². The molecule has 0 unspecified atom stereocenters. The van der Waals surface area contributed by atoms with E-state index >= 15 is 0 Å². The maximum Gasteiger partial charge on any atom is 0.250 e. The molecule has 226 valence electrons. The molecule has 0 radical (unpaired) electrons. The van der Waals surface area contributed by atoms with Crippen molar-refractivity contribution in [2.24, 2.45) is 0 Å². The van der Waals surface area contributed by atoms with Gasteiger partial charge in [0.2, 0.25) is 15.9 Å². The van der Waals surface area contributed by atoms with E-state index in [1.807, 2.05) is 48.5 Å². The van der Waals surface area contributed by atoms with E-state index in [1.54, 1.807) is 53.9 Å². The van der Waals surface area contributed by atoms with Crippen LogP contribution in [0.3, 0.4) is 0 Å². The zero-order valence-corrected chi connectivity index (χ0v) is 25.9. The van der Waals surface area contributed by atoms with Gasteiger partial charge in [-0.25, -0.2) is 8.42 Å². The molecule has 1 saturated heterocycles. The van der Waals surface area contributed by atoms with Gasteiger partial charge < -0.3 is 10.1 Å². The van der Waals surface area contributed by atoms with E-state index in [4.69, 9.17) is 17.0 Å². The molecule has 4 aromatic rings. The van der Waals surface area contributed by atoms with Gasteiger partial charge in [-0.3, -0.25) is 15.0 Å². The van der Waals surface area contributed by atoms with Crippen LogP contribution in [0.15, 0.2) is 120 Å². The van der Waals surface area contributed by atoms with E-state index in [0.29, 0.717) is 31.9 Å². The Morgan fingerprint density at radius 3 is 1.93 bits per heavy atom. The van der Waals surface area contributed by atoms with Crippen molar-refractivity contribution >= 4 is 45.0 Å². The number of sulfonamides is 1. The molecule has 0 spiro atoms. The quantitative estimate of drug-likeness (QED) is 0.192. The van der Waals surface area contributed by atoms with Gasteiger partial charge in [0.05, 0.1) is 18.0 Å². The zero-order valence-electron chi connectivity index (χ0n) is 24.3. The number of hydrogen-bond donors (Lipinski definition) is 2. The van der Waals surface area contributed by atoms with Crippen LogP contribution in [0.5, 0.6) is 5.75 Å². The monoisotopic (exact) mass is 626 g/mol. The fourth-order valence-electron chi connectivity index (χ4n) is 5.15. The minimum atomic E-state index is -3.68. The van der Waals surface area contributed by atoms with Crippen molar-refractivity contribution in [1.29, 1.82) is 0 Å². The Labute approximate surface area is 264 Å². The summed E-state index contributed by atoms with van der Waals surface area (Å²) in [5.74, 6) is 0.340. The molecule has 5 rings (SSSR count). The highest BCUT2D eigenvalue weighted by Gasteiger charge is 2.32. The number of anilines is 1. The van der Waals surface area contributed by atoms with E-state index in [9.17, 15) is 13.2 Å². The third-order valence-corrected chi connectivity index (χ3v) is 9.52. The summed E-state index contributed by atoms with van der Waals surface area (Å²) in [4.78, 5) is 14.8. The number of carbonyl (C=O) groups excluding carboxylic acids is 1. The number of amides is 1. The fraction of sp³-hybridized carbons (Fsp3) is 0.176. The van der Waals surface area contributed by atoms with Crippen LogP contribution < -0.4 is 15.4 Å². The maximum atomic E-state index is 13.5. The minimum absolute atomic E-state index is 0.0508. The summed E-state index contributed by atoms with van der Waals surface area (Å²) < 4.78 is 33.7. The number of rotatable bonds is 9. The predicted octanol–water partition coefficient (Wildman–Crippen LogP) is 5.32. The number of carbonyl (C=O) groups is 1. The van der Waals surface area contributed by atoms with Gasteiger partial charge in [0.1, 0.15) is 5.75 Å². The molecule has 1 aliphatic heterocycles. The normalized spacial score (nSPS) is 14.4. The standard InChI is InChI=1S/C34H34N4O4S2/c1-42-30-17-12-26(13-18-30)14-21-32(39)36-34(43)35-29-15-19-31(20-16-29)44(40,41)38-24-22-37(23-25-38)33(27-8-4-2-5-9-27)28-10-6-3-7-11-28/h2-21,33H,22-25H2,1H3,(H2,35,36,39,43)/b21-14+. The molecule has 0 saturated carbocycles. The SMILES string of the molecule is COc1ccc(/C=C/C(=O)NC(=S)Nc2ccc(S(=O)(=O)N3CCN(C(c4ccccc4)c4ccccc4)CC3)cc2)cc1. The minimum Gasteiger partial charge on any atom is -0.497 e. The van der Waals surface area contributed by atoms with Gasteiger partial charge in [-0.2, -0.15) is 4.31 Å². The zero-order chi connectivity index (χ0) is 30.9. The number of ether oxygens (including phenoxy) is 1. The Kier molecular flexibility index (Phi) is 10.2. The Morgan fingerprint density at radius 2 is 1.39 bits per heavy atom. The van der Waals surface area contributed by atoms with Crippen molar-refractivity contribution in [1.82, 2.24) is 14.5 Å². The van der Waals surface area contributed by atoms with Crippen LogP contribution in [0.4, 0.5) is 5.69 Å². The smallest absolute Gasteiger partial charge is 0.250 e. The highest BCUT2D eigenvalue weighted by atomic mass is 32.2. The third kappa shape index (κ3) is 7.78. The number of hydrogen-bond acceptors (Lipinski definition) is 6. The average molecular weight is 627 g/mol. The second-order valence-electron chi connectivity index (χ2n) is 10.2. The number of methoxy groups -OCH3 is 1. The predicted molar refractivity (Wildman–Crippen MR) is 178 cm³/mol. The average Bonchev–Trinajstić information content (AvgIpc) is 3.05. The third-order valence-electron chi connectivity index (χ3n) is 7.40. The number of benzene rings is 4. The summed E-state index contributed by atoms with van der Waals surface area (Å²) >= 11 is 5.26. The summed E-state index contributed by atoms with van der Waals surface area (Å²) in [6.07, 6.45) is 3.05. The van der Waals surface area contributed by atoms with Crippen molar-refractivity contribution in [3.63, 3.8) is 0 Å².